The Morgan fingerprint density at radius 2 is 1.72 bits per heavy atom. The quantitative estimate of drug-likeness (QED) is 0.591. The lowest BCUT2D eigenvalue weighted by atomic mass is 9.83. The number of likely N-dealkylation sites (N-methyl/N-ethyl adjacent to an activating group) is 1. The smallest absolute Gasteiger partial charge is 0.0609 e. The maximum absolute atomic E-state index is 9.45. The molecule has 0 radical (unpaired) electrons. The number of aliphatic hydroxyl groups is 1. The highest BCUT2D eigenvalue weighted by Crippen LogP contribution is 2.26. The van der Waals surface area contributed by atoms with Crippen molar-refractivity contribution in [1.29, 1.82) is 0 Å². The summed E-state index contributed by atoms with van der Waals surface area (Å²) in [7, 11) is 2.12. The van der Waals surface area contributed by atoms with Gasteiger partial charge in [-0.3, -0.25) is 4.90 Å². The molecule has 0 bridgehead atoms. The zero-order valence-electron chi connectivity index (χ0n) is 13.3. The van der Waals surface area contributed by atoms with Crippen molar-refractivity contribution in [3.63, 3.8) is 0 Å². The number of aliphatic hydroxyl groups excluding tert-OH is 1. The summed E-state index contributed by atoms with van der Waals surface area (Å²) in [5.41, 5.74) is 0.144. The zero-order chi connectivity index (χ0) is 14.2. The Labute approximate surface area is 114 Å². The molecule has 110 valence electrons. The highest BCUT2D eigenvalue weighted by molar-refractivity contribution is 4.86. The van der Waals surface area contributed by atoms with Crippen LogP contribution in [0.25, 0.3) is 0 Å². The van der Waals surface area contributed by atoms with E-state index in [1.54, 1.807) is 0 Å². The molecule has 0 aliphatic rings. The molecule has 0 aromatic heterocycles. The van der Waals surface area contributed by atoms with E-state index in [-0.39, 0.29) is 17.6 Å². The highest BCUT2D eigenvalue weighted by Gasteiger charge is 2.30. The van der Waals surface area contributed by atoms with Crippen molar-refractivity contribution in [2.24, 2.45) is 5.41 Å². The predicted molar refractivity (Wildman–Crippen MR) is 80.0 cm³/mol. The topological polar surface area (TPSA) is 35.5 Å². The van der Waals surface area contributed by atoms with E-state index in [0.29, 0.717) is 0 Å². The highest BCUT2D eigenvalue weighted by atomic mass is 16.3. The first-order valence-corrected chi connectivity index (χ1v) is 7.34. The molecule has 1 atom stereocenters. The standard InChI is InChI=1S/C15H34N2O/c1-7-9-15(5,11-16-10-8-2)12-17(6)14(3,4)13-18/h16,18H,7-13H2,1-6H3. The van der Waals surface area contributed by atoms with Crippen molar-refractivity contribution in [1.82, 2.24) is 10.2 Å². The first kappa shape index (κ1) is 17.9. The van der Waals surface area contributed by atoms with E-state index in [1.165, 1.54) is 19.3 Å². The van der Waals surface area contributed by atoms with Crippen LogP contribution in [0.2, 0.25) is 0 Å². The van der Waals surface area contributed by atoms with E-state index < -0.39 is 0 Å². The van der Waals surface area contributed by atoms with Crippen molar-refractivity contribution in [2.75, 3.05) is 33.3 Å². The Morgan fingerprint density at radius 1 is 1.11 bits per heavy atom. The molecule has 0 spiro atoms. The van der Waals surface area contributed by atoms with Crippen LogP contribution in [0.5, 0.6) is 0 Å². The minimum atomic E-state index is -0.139. The average Bonchev–Trinajstić information content (AvgIpc) is 2.29. The molecule has 0 aromatic rings. The SMILES string of the molecule is CCCNCC(C)(CCC)CN(C)C(C)(C)CO. The van der Waals surface area contributed by atoms with Crippen molar-refractivity contribution < 1.29 is 5.11 Å². The van der Waals surface area contributed by atoms with Crippen LogP contribution in [0.4, 0.5) is 0 Å². The van der Waals surface area contributed by atoms with Gasteiger partial charge in [-0.15, -0.1) is 0 Å². The second-order valence-electron chi connectivity index (χ2n) is 6.56. The molecule has 0 aliphatic heterocycles. The van der Waals surface area contributed by atoms with Gasteiger partial charge in [-0.25, -0.2) is 0 Å². The Bertz CT molecular complexity index is 219. The lowest BCUT2D eigenvalue weighted by molar-refractivity contribution is 0.0423. The summed E-state index contributed by atoms with van der Waals surface area (Å²) in [6.07, 6.45) is 3.60. The molecule has 18 heavy (non-hydrogen) atoms. The summed E-state index contributed by atoms with van der Waals surface area (Å²) in [6, 6.07) is 0. The summed E-state index contributed by atoms with van der Waals surface area (Å²) in [5, 5.41) is 13.0. The summed E-state index contributed by atoms with van der Waals surface area (Å²) in [6.45, 7) is 14.4. The van der Waals surface area contributed by atoms with Gasteiger partial charge in [0.1, 0.15) is 0 Å². The summed E-state index contributed by atoms with van der Waals surface area (Å²) in [5.74, 6) is 0. The summed E-state index contributed by atoms with van der Waals surface area (Å²) in [4.78, 5) is 2.29. The monoisotopic (exact) mass is 258 g/mol. The van der Waals surface area contributed by atoms with Crippen LogP contribution in [0.3, 0.4) is 0 Å². The van der Waals surface area contributed by atoms with Crippen molar-refractivity contribution in [3.05, 3.63) is 0 Å². The van der Waals surface area contributed by atoms with Gasteiger partial charge >= 0.3 is 0 Å². The fourth-order valence-electron chi connectivity index (χ4n) is 2.30. The Kier molecular flexibility index (Phi) is 8.08. The fourth-order valence-corrected chi connectivity index (χ4v) is 2.30. The normalized spacial score (nSPS) is 16.0. The minimum absolute atomic E-state index is 0.139. The molecule has 0 amide bonds. The van der Waals surface area contributed by atoms with Gasteiger partial charge in [-0.1, -0.05) is 27.2 Å². The molecular weight excluding hydrogens is 224 g/mol. The molecular formula is C15H34N2O. The second kappa shape index (κ2) is 8.13. The van der Waals surface area contributed by atoms with Gasteiger partial charge in [0.05, 0.1) is 6.61 Å². The van der Waals surface area contributed by atoms with Crippen LogP contribution in [-0.2, 0) is 0 Å². The van der Waals surface area contributed by atoms with Gasteiger partial charge in [0, 0.05) is 18.6 Å². The van der Waals surface area contributed by atoms with Gasteiger partial charge in [-0.05, 0) is 45.7 Å². The first-order valence-electron chi connectivity index (χ1n) is 7.34. The number of hydrogen-bond acceptors (Lipinski definition) is 3. The van der Waals surface area contributed by atoms with Gasteiger partial charge < -0.3 is 10.4 Å². The number of nitrogens with zero attached hydrogens (tertiary/aromatic N) is 1. The lowest BCUT2D eigenvalue weighted by Crippen LogP contribution is -2.50. The molecule has 0 heterocycles. The lowest BCUT2D eigenvalue weighted by Gasteiger charge is -2.41. The Hall–Kier alpha value is -0.120. The maximum atomic E-state index is 9.45. The number of nitrogens with one attached hydrogen (secondary N) is 1. The third kappa shape index (κ3) is 6.17. The van der Waals surface area contributed by atoms with E-state index in [4.69, 9.17) is 0 Å². The van der Waals surface area contributed by atoms with E-state index >= 15 is 0 Å². The molecule has 0 fully saturated rings. The summed E-state index contributed by atoms with van der Waals surface area (Å²) >= 11 is 0. The van der Waals surface area contributed by atoms with E-state index in [9.17, 15) is 5.11 Å². The third-order valence-electron chi connectivity index (χ3n) is 3.87. The molecule has 0 aromatic carbocycles. The first-order chi connectivity index (χ1) is 8.31. The predicted octanol–water partition coefficient (Wildman–Crippen LogP) is 2.50. The van der Waals surface area contributed by atoms with E-state index in [1.807, 2.05) is 0 Å². The van der Waals surface area contributed by atoms with Crippen molar-refractivity contribution in [3.8, 4) is 0 Å². The molecule has 2 N–H and O–H groups in total. The molecule has 1 unspecified atom stereocenters. The van der Waals surface area contributed by atoms with Crippen molar-refractivity contribution in [2.45, 2.75) is 59.4 Å². The second-order valence-corrected chi connectivity index (χ2v) is 6.56. The number of rotatable bonds is 10. The average molecular weight is 258 g/mol. The molecule has 0 aliphatic carbocycles. The van der Waals surface area contributed by atoms with Crippen LogP contribution in [-0.4, -0.2) is 48.8 Å². The van der Waals surface area contributed by atoms with Gasteiger partial charge in [0.15, 0.2) is 0 Å². The van der Waals surface area contributed by atoms with Crippen LogP contribution in [0.1, 0.15) is 53.9 Å². The molecule has 0 saturated heterocycles. The van der Waals surface area contributed by atoms with Crippen LogP contribution < -0.4 is 5.32 Å². The Balaban J connectivity index is 4.49. The van der Waals surface area contributed by atoms with E-state index in [2.05, 4.69) is 51.9 Å². The molecule has 3 heteroatoms. The number of hydrogen-bond donors (Lipinski definition) is 2. The molecule has 3 nitrogen and oxygen atoms in total. The van der Waals surface area contributed by atoms with Gasteiger partial charge in [0.25, 0.3) is 0 Å². The third-order valence-corrected chi connectivity index (χ3v) is 3.87. The molecule has 0 rings (SSSR count). The molecule has 0 saturated carbocycles. The summed E-state index contributed by atoms with van der Waals surface area (Å²) < 4.78 is 0. The Morgan fingerprint density at radius 3 is 2.17 bits per heavy atom. The van der Waals surface area contributed by atoms with Crippen LogP contribution in [0, 0.1) is 5.41 Å². The van der Waals surface area contributed by atoms with Crippen molar-refractivity contribution >= 4 is 0 Å². The van der Waals surface area contributed by atoms with Crippen LogP contribution in [0.15, 0.2) is 0 Å². The van der Waals surface area contributed by atoms with Gasteiger partial charge in [0.2, 0.25) is 0 Å². The van der Waals surface area contributed by atoms with E-state index in [0.717, 1.165) is 19.6 Å². The fraction of sp³-hybridized carbons (Fsp3) is 1.00. The van der Waals surface area contributed by atoms with Crippen LogP contribution >= 0.6 is 0 Å². The minimum Gasteiger partial charge on any atom is -0.394 e. The maximum Gasteiger partial charge on any atom is 0.0609 e. The van der Waals surface area contributed by atoms with Gasteiger partial charge in [-0.2, -0.15) is 0 Å². The zero-order valence-corrected chi connectivity index (χ0v) is 13.3. The largest absolute Gasteiger partial charge is 0.394 e.